The van der Waals surface area contributed by atoms with E-state index in [-0.39, 0.29) is 36.0 Å². The molecule has 3 rings (SSSR count). The van der Waals surface area contributed by atoms with Crippen LogP contribution >= 0.6 is 11.3 Å². The first-order chi connectivity index (χ1) is 16.9. The van der Waals surface area contributed by atoms with Gasteiger partial charge in [-0.25, -0.2) is 4.98 Å². The number of nitrogens with two attached hydrogens (primary N) is 1. The molecule has 196 valence electrons. The number of nitrogens with zero attached hydrogens (tertiary/aromatic N) is 1. The second-order valence-corrected chi connectivity index (χ2v) is 12.0. The van der Waals surface area contributed by atoms with Gasteiger partial charge in [-0.2, -0.15) is 0 Å². The average molecular weight is 512 g/mol. The molecule has 0 unspecified atom stereocenters. The van der Waals surface area contributed by atoms with E-state index in [9.17, 15) is 14.7 Å². The van der Waals surface area contributed by atoms with Crippen LogP contribution in [0.15, 0.2) is 42.0 Å². The van der Waals surface area contributed by atoms with E-state index in [1.54, 1.807) is 25.2 Å². The molecule has 2 heterocycles. The van der Waals surface area contributed by atoms with Crippen molar-refractivity contribution in [1.82, 2.24) is 10.3 Å². The quantitative estimate of drug-likeness (QED) is 0.496. The summed E-state index contributed by atoms with van der Waals surface area (Å²) in [5.41, 5.74) is 7.67. The minimum absolute atomic E-state index is 0.00413. The zero-order valence-electron chi connectivity index (χ0n) is 22.4. The van der Waals surface area contributed by atoms with Crippen molar-refractivity contribution >= 4 is 33.2 Å². The number of thiazole rings is 1. The van der Waals surface area contributed by atoms with Crippen LogP contribution in [0.1, 0.15) is 77.4 Å². The van der Waals surface area contributed by atoms with Crippen LogP contribution in [0, 0.1) is 23.2 Å². The van der Waals surface area contributed by atoms with Crippen LogP contribution in [0.25, 0.3) is 10.2 Å². The molecule has 1 amide bonds. The van der Waals surface area contributed by atoms with E-state index in [0.29, 0.717) is 18.9 Å². The molecule has 0 saturated carbocycles. The Hall–Kier alpha value is -2.35. The van der Waals surface area contributed by atoms with Crippen LogP contribution in [0.2, 0.25) is 0 Å². The van der Waals surface area contributed by atoms with Crippen molar-refractivity contribution < 1.29 is 14.7 Å². The number of nitrogens with one attached hydrogen (secondary N) is 1. The first-order valence-corrected chi connectivity index (χ1v) is 13.7. The fourth-order valence-electron chi connectivity index (χ4n) is 4.80. The lowest BCUT2D eigenvalue weighted by Gasteiger charge is -2.35. The van der Waals surface area contributed by atoms with Crippen molar-refractivity contribution in [3.05, 3.63) is 52.6 Å². The van der Waals surface area contributed by atoms with E-state index in [1.165, 1.54) is 0 Å². The van der Waals surface area contributed by atoms with Crippen molar-refractivity contribution in [3.63, 3.8) is 0 Å². The highest BCUT2D eigenvalue weighted by molar-refractivity contribution is 7.18. The van der Waals surface area contributed by atoms with E-state index < -0.39 is 11.5 Å². The Morgan fingerprint density at radius 1 is 1.19 bits per heavy atom. The van der Waals surface area contributed by atoms with Gasteiger partial charge in [-0.15, -0.1) is 11.3 Å². The summed E-state index contributed by atoms with van der Waals surface area (Å²) >= 11 is 1.57. The Labute approximate surface area is 219 Å². The molecule has 4 N–H and O–H groups in total. The molecule has 1 aliphatic rings. The molecule has 7 heteroatoms. The van der Waals surface area contributed by atoms with E-state index >= 15 is 0 Å². The second-order valence-electron chi connectivity index (χ2n) is 10.9. The van der Waals surface area contributed by atoms with Crippen molar-refractivity contribution in [3.8, 4) is 0 Å². The number of aliphatic hydroxyl groups is 1. The number of rotatable bonds is 2. The molecule has 0 aliphatic carbocycles. The number of allylic oxidation sites excluding steroid dienone is 3. The number of ketones is 1. The average Bonchev–Trinajstić information content (AvgIpc) is 3.26. The molecule has 0 saturated heterocycles. The van der Waals surface area contributed by atoms with Gasteiger partial charge in [-0.1, -0.05) is 64.5 Å². The van der Waals surface area contributed by atoms with Gasteiger partial charge in [0.2, 0.25) is 5.91 Å². The van der Waals surface area contributed by atoms with E-state index in [2.05, 4.69) is 49.3 Å². The molecular weight excluding hydrogens is 470 g/mol. The largest absolute Gasteiger partial charge is 0.392 e. The van der Waals surface area contributed by atoms with Gasteiger partial charge in [0.25, 0.3) is 0 Å². The predicted molar refractivity (Wildman–Crippen MR) is 147 cm³/mol. The topological polar surface area (TPSA) is 105 Å². The lowest BCUT2D eigenvalue weighted by molar-refractivity contribution is -0.140. The number of carbonyl (C=O) groups excluding carboxylic acids is 2. The summed E-state index contributed by atoms with van der Waals surface area (Å²) in [5.74, 6) is -0.0352. The Morgan fingerprint density at radius 2 is 1.92 bits per heavy atom. The lowest BCUT2D eigenvalue weighted by atomic mass is 9.70. The van der Waals surface area contributed by atoms with Gasteiger partial charge in [0.15, 0.2) is 0 Å². The summed E-state index contributed by atoms with van der Waals surface area (Å²) in [6.45, 7) is 12.2. The first kappa shape index (κ1) is 28.2. The zero-order chi connectivity index (χ0) is 26.6. The molecule has 0 bridgehead atoms. The van der Waals surface area contributed by atoms with Crippen molar-refractivity contribution in [1.29, 1.82) is 0 Å². The number of aliphatic hydroxyl groups excluding tert-OH is 1. The summed E-state index contributed by atoms with van der Waals surface area (Å²) in [6.07, 6.45) is 6.67. The van der Waals surface area contributed by atoms with Crippen LogP contribution in [-0.4, -0.2) is 27.9 Å². The fourth-order valence-corrected chi connectivity index (χ4v) is 5.62. The van der Waals surface area contributed by atoms with Crippen molar-refractivity contribution in [2.75, 3.05) is 0 Å². The van der Waals surface area contributed by atoms with Crippen LogP contribution in [-0.2, 0) is 16.1 Å². The van der Waals surface area contributed by atoms with E-state index in [1.807, 2.05) is 25.1 Å². The standard InChI is InChI=1S/C29H41N3O3S/c1-17-8-7-9-18(2)19(3)20(4)28(35)29(5,6)25(33)15-26(34)31-22(12-10-17)21-11-13-24-23(14-21)32-27(16-30)36-24/h7-8,10-11,13-14,18-20,22,25,33H,9,12,15-16,30H2,1-6H3,(H,31,34)/t18-,19-,20+,22-,25-/m0/s1. The van der Waals surface area contributed by atoms with E-state index in [4.69, 9.17) is 5.73 Å². The number of Topliss-reactive ketones (excluding diaryl/α,β-unsaturated/α-hetero) is 1. The van der Waals surface area contributed by atoms with Gasteiger partial charge in [-0.05, 0) is 49.3 Å². The summed E-state index contributed by atoms with van der Waals surface area (Å²) in [4.78, 5) is 31.1. The number of hydrogen-bond acceptors (Lipinski definition) is 6. The highest BCUT2D eigenvalue weighted by Crippen LogP contribution is 2.34. The fraction of sp³-hybridized carbons (Fsp3) is 0.552. The summed E-state index contributed by atoms with van der Waals surface area (Å²) in [5, 5.41) is 15.0. The highest BCUT2D eigenvalue weighted by atomic mass is 32.1. The zero-order valence-corrected chi connectivity index (χ0v) is 23.2. The third-order valence-corrected chi connectivity index (χ3v) is 8.94. The monoisotopic (exact) mass is 511 g/mol. The van der Waals surface area contributed by atoms with Crippen molar-refractivity contribution in [2.24, 2.45) is 28.9 Å². The second kappa shape index (κ2) is 11.8. The third kappa shape index (κ3) is 6.50. The molecular formula is C29H41N3O3S. The first-order valence-electron chi connectivity index (χ1n) is 12.9. The maximum absolute atomic E-state index is 13.4. The Balaban J connectivity index is 1.95. The third-order valence-electron chi connectivity index (χ3n) is 7.88. The van der Waals surface area contributed by atoms with Crippen LogP contribution in [0.5, 0.6) is 0 Å². The maximum atomic E-state index is 13.4. The van der Waals surface area contributed by atoms with Gasteiger partial charge in [0.1, 0.15) is 10.8 Å². The van der Waals surface area contributed by atoms with Gasteiger partial charge in [0.05, 0.1) is 34.2 Å². The van der Waals surface area contributed by atoms with Crippen LogP contribution in [0.4, 0.5) is 0 Å². The molecule has 36 heavy (non-hydrogen) atoms. The molecule has 1 aliphatic heterocycles. The summed E-state index contributed by atoms with van der Waals surface area (Å²) in [7, 11) is 0. The van der Waals surface area contributed by atoms with E-state index in [0.717, 1.165) is 32.8 Å². The molecule has 0 fully saturated rings. The lowest BCUT2D eigenvalue weighted by Crippen LogP contribution is -2.45. The molecule has 5 atom stereocenters. The molecule has 1 aromatic heterocycles. The molecule has 0 radical (unpaired) electrons. The normalized spacial score (nSPS) is 28.7. The maximum Gasteiger partial charge on any atom is 0.223 e. The van der Waals surface area contributed by atoms with Crippen LogP contribution in [0.3, 0.4) is 0 Å². The molecule has 0 spiro atoms. The van der Waals surface area contributed by atoms with Gasteiger partial charge < -0.3 is 16.2 Å². The summed E-state index contributed by atoms with van der Waals surface area (Å²) < 4.78 is 1.06. The van der Waals surface area contributed by atoms with Crippen molar-refractivity contribution in [2.45, 2.75) is 79.5 Å². The number of benzene rings is 1. The highest BCUT2D eigenvalue weighted by Gasteiger charge is 2.41. The van der Waals surface area contributed by atoms with Crippen LogP contribution < -0.4 is 11.1 Å². The predicted octanol–water partition coefficient (Wildman–Crippen LogP) is 5.46. The minimum Gasteiger partial charge on any atom is -0.392 e. The summed E-state index contributed by atoms with van der Waals surface area (Å²) in [6, 6.07) is 5.74. The van der Waals surface area contributed by atoms with Gasteiger partial charge in [-0.3, -0.25) is 9.59 Å². The molecule has 1 aromatic carbocycles. The SMILES string of the molecule is CC1=CC[C@@H](c2ccc3sc(CN)nc3c2)NC(=O)C[C@H](O)C(C)(C)C(=O)[C@H](C)[C@@H](C)[C@@H](C)CC=C1. The number of hydrogen-bond donors (Lipinski definition) is 3. The Kier molecular flexibility index (Phi) is 9.25. The van der Waals surface area contributed by atoms with Gasteiger partial charge >= 0.3 is 0 Å². The number of aromatic nitrogens is 1. The minimum atomic E-state index is -1.08. The number of fused-ring (bicyclic) bond motifs is 1. The molecule has 6 nitrogen and oxygen atoms in total. The number of carbonyl (C=O) groups is 2. The smallest absolute Gasteiger partial charge is 0.223 e. The van der Waals surface area contributed by atoms with Gasteiger partial charge in [0, 0.05) is 12.5 Å². The Bertz CT molecular complexity index is 1150. The molecule has 2 aromatic rings. The Morgan fingerprint density at radius 3 is 2.61 bits per heavy atom. The number of amides is 1.